The van der Waals surface area contributed by atoms with Crippen LogP contribution in [0.25, 0.3) is 0 Å². The van der Waals surface area contributed by atoms with Gasteiger partial charge in [-0.05, 0) is 31.6 Å². The van der Waals surface area contributed by atoms with Crippen molar-refractivity contribution in [3.8, 4) is 0 Å². The van der Waals surface area contributed by atoms with Crippen molar-refractivity contribution in [1.82, 2.24) is 4.90 Å². The highest BCUT2D eigenvalue weighted by atomic mass is 35.5. The van der Waals surface area contributed by atoms with Crippen LogP contribution >= 0.6 is 24.2 Å². The van der Waals surface area contributed by atoms with Gasteiger partial charge in [0.2, 0.25) is 0 Å². The van der Waals surface area contributed by atoms with E-state index < -0.39 is 5.97 Å². The van der Waals surface area contributed by atoms with E-state index in [4.69, 9.17) is 5.11 Å². The summed E-state index contributed by atoms with van der Waals surface area (Å²) in [5.74, 6) is 1.72. The van der Waals surface area contributed by atoms with Gasteiger partial charge in [-0.25, -0.2) is 0 Å². The number of halogens is 1. The van der Waals surface area contributed by atoms with Crippen molar-refractivity contribution in [3.63, 3.8) is 0 Å². The molecule has 2 aliphatic heterocycles. The van der Waals surface area contributed by atoms with Gasteiger partial charge in [-0.1, -0.05) is 0 Å². The number of likely N-dealkylation sites (tertiary alicyclic amines) is 1. The van der Waals surface area contributed by atoms with Gasteiger partial charge in [0.15, 0.2) is 0 Å². The lowest BCUT2D eigenvalue weighted by Crippen LogP contribution is -2.44. The number of carboxylic acid groups (broad SMARTS) is 1. The van der Waals surface area contributed by atoms with Gasteiger partial charge >= 0.3 is 5.97 Å². The molecule has 0 saturated carbocycles. The molecule has 0 bridgehead atoms. The van der Waals surface area contributed by atoms with E-state index in [-0.39, 0.29) is 18.3 Å². The Labute approximate surface area is 101 Å². The topological polar surface area (TPSA) is 40.5 Å². The fourth-order valence-corrected chi connectivity index (χ4v) is 3.60. The third-order valence-corrected chi connectivity index (χ3v) is 4.37. The van der Waals surface area contributed by atoms with Gasteiger partial charge < -0.3 is 5.11 Å². The molecule has 2 atom stereocenters. The fourth-order valence-electron chi connectivity index (χ4n) is 2.35. The van der Waals surface area contributed by atoms with Crippen molar-refractivity contribution in [1.29, 1.82) is 0 Å². The average molecular weight is 252 g/mol. The van der Waals surface area contributed by atoms with Crippen LogP contribution in [0.5, 0.6) is 0 Å². The van der Waals surface area contributed by atoms with Gasteiger partial charge in [-0.3, -0.25) is 9.69 Å². The predicted octanol–water partition coefficient (Wildman–Crippen LogP) is 1.71. The number of aliphatic carboxylic acids is 1. The number of piperidine rings is 1. The van der Waals surface area contributed by atoms with E-state index >= 15 is 0 Å². The van der Waals surface area contributed by atoms with Gasteiger partial charge in [-0.2, -0.15) is 11.8 Å². The molecule has 2 unspecified atom stereocenters. The lowest BCUT2D eigenvalue weighted by molar-refractivity contribution is -0.143. The molecule has 0 aromatic heterocycles. The highest BCUT2D eigenvalue weighted by Crippen LogP contribution is 2.26. The van der Waals surface area contributed by atoms with Crippen molar-refractivity contribution in [2.45, 2.75) is 25.3 Å². The van der Waals surface area contributed by atoms with Crippen LogP contribution in [0.3, 0.4) is 0 Å². The molecular weight excluding hydrogens is 234 g/mol. The van der Waals surface area contributed by atoms with E-state index in [0.29, 0.717) is 6.04 Å². The van der Waals surface area contributed by atoms with Crippen LogP contribution in [-0.4, -0.2) is 46.6 Å². The molecule has 88 valence electrons. The third-order valence-electron chi connectivity index (χ3n) is 3.22. The normalized spacial score (nSPS) is 32.3. The maximum absolute atomic E-state index is 10.9. The standard InChI is InChI=1S/C10H17NO2S.ClH/c12-10(13)8-2-1-4-11(6-8)9-3-5-14-7-9;/h8-9H,1-7H2,(H,12,13);1H. The average Bonchev–Trinajstić information content (AvgIpc) is 2.71. The van der Waals surface area contributed by atoms with E-state index in [9.17, 15) is 4.79 Å². The minimum atomic E-state index is -0.611. The maximum atomic E-state index is 10.9. The summed E-state index contributed by atoms with van der Waals surface area (Å²) >= 11 is 2.00. The van der Waals surface area contributed by atoms with Gasteiger partial charge in [0, 0.05) is 18.3 Å². The van der Waals surface area contributed by atoms with E-state index in [1.54, 1.807) is 0 Å². The smallest absolute Gasteiger partial charge is 0.307 e. The zero-order valence-electron chi connectivity index (χ0n) is 8.72. The monoisotopic (exact) mass is 251 g/mol. The Kier molecular flexibility index (Phi) is 5.23. The minimum absolute atomic E-state index is 0. The number of carboxylic acids is 1. The molecule has 0 amide bonds. The van der Waals surface area contributed by atoms with Crippen molar-refractivity contribution >= 4 is 30.1 Å². The SMILES string of the molecule is Cl.O=C(O)C1CCCN(C2CCSC2)C1. The number of nitrogens with zero attached hydrogens (tertiary/aromatic N) is 1. The maximum Gasteiger partial charge on any atom is 0.307 e. The molecule has 0 aromatic carbocycles. The van der Waals surface area contributed by atoms with Crippen molar-refractivity contribution in [2.75, 3.05) is 24.6 Å². The van der Waals surface area contributed by atoms with Crippen molar-refractivity contribution in [2.24, 2.45) is 5.92 Å². The Bertz CT molecular complexity index is 221. The van der Waals surface area contributed by atoms with Crippen LogP contribution in [0, 0.1) is 5.92 Å². The van der Waals surface area contributed by atoms with Gasteiger partial charge in [-0.15, -0.1) is 12.4 Å². The summed E-state index contributed by atoms with van der Waals surface area (Å²) in [7, 11) is 0. The highest BCUT2D eigenvalue weighted by molar-refractivity contribution is 7.99. The number of hydrogen-bond donors (Lipinski definition) is 1. The Balaban J connectivity index is 0.00000112. The van der Waals surface area contributed by atoms with E-state index in [2.05, 4.69) is 4.90 Å². The predicted molar refractivity (Wildman–Crippen MR) is 64.9 cm³/mol. The summed E-state index contributed by atoms with van der Waals surface area (Å²) < 4.78 is 0. The molecule has 0 spiro atoms. The first-order valence-corrected chi connectivity index (χ1v) is 6.47. The first-order valence-electron chi connectivity index (χ1n) is 5.32. The zero-order valence-corrected chi connectivity index (χ0v) is 10.4. The molecule has 2 heterocycles. The third kappa shape index (κ3) is 3.26. The second-order valence-electron chi connectivity index (χ2n) is 4.19. The molecule has 5 heteroatoms. The molecule has 0 radical (unpaired) electrons. The van der Waals surface area contributed by atoms with Crippen LogP contribution < -0.4 is 0 Å². The van der Waals surface area contributed by atoms with E-state index in [1.807, 2.05) is 11.8 Å². The Morgan fingerprint density at radius 1 is 1.40 bits per heavy atom. The number of rotatable bonds is 2. The molecule has 2 aliphatic rings. The molecular formula is C10H18ClNO2S. The van der Waals surface area contributed by atoms with E-state index in [1.165, 1.54) is 17.9 Å². The minimum Gasteiger partial charge on any atom is -0.481 e. The largest absolute Gasteiger partial charge is 0.481 e. The van der Waals surface area contributed by atoms with Crippen LogP contribution in [0.4, 0.5) is 0 Å². The van der Waals surface area contributed by atoms with Crippen molar-refractivity contribution < 1.29 is 9.90 Å². The molecule has 0 aromatic rings. The zero-order chi connectivity index (χ0) is 9.97. The highest BCUT2D eigenvalue weighted by Gasteiger charge is 2.30. The Morgan fingerprint density at radius 3 is 2.80 bits per heavy atom. The number of hydrogen-bond acceptors (Lipinski definition) is 3. The Hall–Kier alpha value is 0.0700. The van der Waals surface area contributed by atoms with Crippen LogP contribution in [-0.2, 0) is 4.79 Å². The molecule has 2 rings (SSSR count). The number of carbonyl (C=O) groups is 1. The second-order valence-corrected chi connectivity index (χ2v) is 5.34. The van der Waals surface area contributed by atoms with E-state index in [0.717, 1.165) is 25.9 Å². The molecule has 15 heavy (non-hydrogen) atoms. The summed E-state index contributed by atoms with van der Waals surface area (Å²) in [6.07, 6.45) is 3.17. The first kappa shape index (κ1) is 13.1. The Morgan fingerprint density at radius 2 is 2.20 bits per heavy atom. The lowest BCUT2D eigenvalue weighted by atomic mass is 9.97. The summed E-state index contributed by atoms with van der Waals surface area (Å²) in [6, 6.07) is 0.655. The quantitative estimate of drug-likeness (QED) is 0.811. The molecule has 0 aliphatic carbocycles. The molecule has 2 saturated heterocycles. The van der Waals surface area contributed by atoms with Gasteiger partial charge in [0.1, 0.15) is 0 Å². The fraction of sp³-hybridized carbons (Fsp3) is 0.900. The summed E-state index contributed by atoms with van der Waals surface area (Å²) in [5, 5.41) is 8.97. The molecule has 3 nitrogen and oxygen atoms in total. The summed E-state index contributed by atoms with van der Waals surface area (Å²) in [4.78, 5) is 13.3. The lowest BCUT2D eigenvalue weighted by Gasteiger charge is -2.34. The summed E-state index contributed by atoms with van der Waals surface area (Å²) in [6.45, 7) is 1.88. The first-order chi connectivity index (χ1) is 6.77. The van der Waals surface area contributed by atoms with Crippen LogP contribution in [0.2, 0.25) is 0 Å². The molecule has 1 N–H and O–H groups in total. The molecule has 2 fully saturated rings. The van der Waals surface area contributed by atoms with Crippen molar-refractivity contribution in [3.05, 3.63) is 0 Å². The van der Waals surface area contributed by atoms with Gasteiger partial charge in [0.25, 0.3) is 0 Å². The van der Waals surface area contributed by atoms with Crippen LogP contribution in [0.15, 0.2) is 0 Å². The second kappa shape index (κ2) is 5.97. The van der Waals surface area contributed by atoms with Crippen LogP contribution in [0.1, 0.15) is 19.3 Å². The van der Waals surface area contributed by atoms with Gasteiger partial charge in [0.05, 0.1) is 5.92 Å². The summed E-state index contributed by atoms with van der Waals surface area (Å²) in [5.41, 5.74) is 0. The number of thioether (sulfide) groups is 1.